The van der Waals surface area contributed by atoms with Crippen molar-refractivity contribution in [3.63, 3.8) is 0 Å². The highest BCUT2D eigenvalue weighted by Gasteiger charge is 2.14. The van der Waals surface area contributed by atoms with Crippen LogP contribution in [0.25, 0.3) is 0 Å². The molecule has 3 nitrogen and oxygen atoms in total. The van der Waals surface area contributed by atoms with Crippen LogP contribution >= 0.6 is 0 Å². The van der Waals surface area contributed by atoms with Gasteiger partial charge in [-0.1, -0.05) is 6.07 Å². The second-order valence-corrected chi connectivity index (χ2v) is 4.59. The number of rotatable bonds is 6. The third kappa shape index (κ3) is 3.68. The summed E-state index contributed by atoms with van der Waals surface area (Å²) in [6, 6.07) is 4.86. The third-order valence-electron chi connectivity index (χ3n) is 3.18. The summed E-state index contributed by atoms with van der Waals surface area (Å²) in [5.74, 6) is -0.0328. The van der Waals surface area contributed by atoms with Crippen LogP contribution in [0.4, 0.5) is 4.39 Å². The van der Waals surface area contributed by atoms with Crippen molar-refractivity contribution in [2.24, 2.45) is 5.73 Å². The fourth-order valence-corrected chi connectivity index (χ4v) is 2.15. The van der Waals surface area contributed by atoms with Crippen molar-refractivity contribution in [2.75, 3.05) is 13.2 Å². The summed E-state index contributed by atoms with van der Waals surface area (Å²) in [4.78, 5) is 0. The van der Waals surface area contributed by atoms with Gasteiger partial charge in [0.15, 0.2) is 11.6 Å². The van der Waals surface area contributed by atoms with E-state index in [1.165, 1.54) is 6.07 Å². The summed E-state index contributed by atoms with van der Waals surface area (Å²) in [6.45, 7) is 1.75. The molecule has 1 atom stereocenters. The van der Waals surface area contributed by atoms with E-state index in [1.54, 1.807) is 12.1 Å². The predicted molar refractivity (Wildman–Crippen MR) is 68.0 cm³/mol. The lowest BCUT2D eigenvalue weighted by Crippen LogP contribution is -2.08. The van der Waals surface area contributed by atoms with E-state index in [1.807, 2.05) is 0 Å². The van der Waals surface area contributed by atoms with Gasteiger partial charge < -0.3 is 15.2 Å². The first kappa shape index (κ1) is 13.3. The number of hydrogen-bond donors (Lipinski definition) is 1. The monoisotopic (exact) mass is 253 g/mol. The molecule has 0 spiro atoms. The van der Waals surface area contributed by atoms with Crippen molar-refractivity contribution in [2.45, 2.75) is 38.3 Å². The zero-order valence-electron chi connectivity index (χ0n) is 10.5. The molecule has 1 heterocycles. The predicted octanol–water partition coefficient (Wildman–Crippen LogP) is 2.62. The van der Waals surface area contributed by atoms with Gasteiger partial charge in [0.2, 0.25) is 0 Å². The van der Waals surface area contributed by atoms with Gasteiger partial charge in [0.1, 0.15) is 0 Å². The van der Waals surface area contributed by atoms with E-state index in [0.717, 1.165) is 37.9 Å². The molecule has 0 radical (unpaired) electrons. The Morgan fingerprint density at radius 1 is 1.44 bits per heavy atom. The zero-order valence-corrected chi connectivity index (χ0v) is 10.5. The zero-order chi connectivity index (χ0) is 12.8. The van der Waals surface area contributed by atoms with E-state index in [2.05, 4.69) is 0 Å². The lowest BCUT2D eigenvalue weighted by Gasteiger charge is -2.11. The standard InChI is InChI=1S/C14H20FNO2/c15-13-9-11(10-16)5-6-14(13)18-8-2-4-12-3-1-7-17-12/h5-6,9,12H,1-4,7-8,10,16H2. The molecule has 0 aliphatic carbocycles. The molecule has 0 bridgehead atoms. The minimum absolute atomic E-state index is 0.305. The molecule has 0 amide bonds. The molecule has 2 N–H and O–H groups in total. The van der Waals surface area contributed by atoms with Crippen LogP contribution in [0.1, 0.15) is 31.2 Å². The second-order valence-electron chi connectivity index (χ2n) is 4.59. The maximum absolute atomic E-state index is 13.6. The van der Waals surface area contributed by atoms with Crippen LogP contribution in [0, 0.1) is 5.82 Å². The Kier molecular flexibility index (Phi) is 4.96. The van der Waals surface area contributed by atoms with Crippen molar-refractivity contribution >= 4 is 0 Å². The van der Waals surface area contributed by atoms with E-state index in [-0.39, 0.29) is 5.82 Å². The first-order valence-corrected chi connectivity index (χ1v) is 6.52. The van der Waals surface area contributed by atoms with Crippen LogP contribution in [-0.2, 0) is 11.3 Å². The van der Waals surface area contributed by atoms with Gasteiger partial charge in [-0.2, -0.15) is 0 Å². The summed E-state index contributed by atoms with van der Waals surface area (Å²) in [5, 5.41) is 0. The molecule has 1 fully saturated rings. The highest BCUT2D eigenvalue weighted by atomic mass is 19.1. The number of halogens is 1. The average Bonchev–Trinajstić information content (AvgIpc) is 2.89. The molecule has 1 aliphatic rings. The molecule has 1 aliphatic heterocycles. The van der Waals surface area contributed by atoms with E-state index in [9.17, 15) is 4.39 Å². The topological polar surface area (TPSA) is 44.5 Å². The van der Waals surface area contributed by atoms with Gasteiger partial charge in [-0.15, -0.1) is 0 Å². The van der Waals surface area contributed by atoms with Crippen molar-refractivity contribution < 1.29 is 13.9 Å². The first-order chi connectivity index (χ1) is 8.79. The van der Waals surface area contributed by atoms with Gasteiger partial charge in [0.25, 0.3) is 0 Å². The molecule has 1 saturated heterocycles. The van der Waals surface area contributed by atoms with Crippen LogP contribution < -0.4 is 10.5 Å². The van der Waals surface area contributed by atoms with Crippen molar-refractivity contribution in [3.05, 3.63) is 29.6 Å². The van der Waals surface area contributed by atoms with Gasteiger partial charge in [0, 0.05) is 13.2 Å². The molecule has 0 aromatic heterocycles. The maximum atomic E-state index is 13.6. The van der Waals surface area contributed by atoms with Gasteiger partial charge in [-0.05, 0) is 43.4 Å². The van der Waals surface area contributed by atoms with Crippen LogP contribution in [0.3, 0.4) is 0 Å². The van der Waals surface area contributed by atoms with E-state index in [4.69, 9.17) is 15.2 Å². The minimum Gasteiger partial charge on any atom is -0.491 e. The molecule has 1 unspecified atom stereocenters. The minimum atomic E-state index is -0.338. The van der Waals surface area contributed by atoms with E-state index < -0.39 is 0 Å². The highest BCUT2D eigenvalue weighted by Crippen LogP contribution is 2.20. The van der Waals surface area contributed by atoms with Crippen molar-refractivity contribution in [1.82, 2.24) is 0 Å². The molecule has 0 saturated carbocycles. The van der Waals surface area contributed by atoms with Crippen LogP contribution in [0.2, 0.25) is 0 Å². The second kappa shape index (κ2) is 6.71. The Labute approximate surface area is 107 Å². The SMILES string of the molecule is NCc1ccc(OCCCC2CCCO2)c(F)c1. The molecule has 1 aromatic carbocycles. The van der Waals surface area contributed by atoms with Gasteiger partial charge in [-0.25, -0.2) is 4.39 Å². The molecule has 2 rings (SSSR count). The lowest BCUT2D eigenvalue weighted by molar-refractivity contribution is 0.0979. The lowest BCUT2D eigenvalue weighted by atomic mass is 10.1. The Balaban J connectivity index is 1.72. The fourth-order valence-electron chi connectivity index (χ4n) is 2.15. The number of hydrogen-bond acceptors (Lipinski definition) is 3. The fraction of sp³-hybridized carbons (Fsp3) is 0.571. The molecule has 1 aromatic rings. The molecule has 4 heteroatoms. The third-order valence-corrected chi connectivity index (χ3v) is 3.18. The summed E-state index contributed by atoms with van der Waals surface area (Å²) in [7, 11) is 0. The van der Waals surface area contributed by atoms with Crippen molar-refractivity contribution in [1.29, 1.82) is 0 Å². The van der Waals surface area contributed by atoms with Gasteiger partial charge in [0.05, 0.1) is 12.7 Å². The number of benzene rings is 1. The Bertz CT molecular complexity index is 378. The smallest absolute Gasteiger partial charge is 0.165 e. The largest absolute Gasteiger partial charge is 0.491 e. The normalized spacial score (nSPS) is 19.1. The summed E-state index contributed by atoms with van der Waals surface area (Å²) in [6.07, 6.45) is 4.55. The van der Waals surface area contributed by atoms with E-state index >= 15 is 0 Å². The molecule has 100 valence electrons. The Morgan fingerprint density at radius 3 is 3.00 bits per heavy atom. The van der Waals surface area contributed by atoms with Crippen LogP contribution in [0.5, 0.6) is 5.75 Å². The van der Waals surface area contributed by atoms with Gasteiger partial charge in [-0.3, -0.25) is 0 Å². The summed E-state index contributed by atoms with van der Waals surface area (Å²) >= 11 is 0. The average molecular weight is 253 g/mol. The quantitative estimate of drug-likeness (QED) is 0.793. The Morgan fingerprint density at radius 2 is 2.33 bits per heavy atom. The van der Waals surface area contributed by atoms with Gasteiger partial charge >= 0.3 is 0 Å². The number of nitrogens with two attached hydrogens (primary N) is 1. The Hall–Kier alpha value is -1.13. The van der Waals surface area contributed by atoms with Crippen molar-refractivity contribution in [3.8, 4) is 5.75 Å². The maximum Gasteiger partial charge on any atom is 0.165 e. The highest BCUT2D eigenvalue weighted by molar-refractivity contribution is 5.29. The summed E-state index contributed by atoms with van der Waals surface area (Å²) < 4.78 is 24.5. The summed E-state index contributed by atoms with van der Waals surface area (Å²) in [5.41, 5.74) is 6.22. The number of ether oxygens (including phenoxy) is 2. The van der Waals surface area contributed by atoms with E-state index in [0.29, 0.717) is 25.0 Å². The molecular weight excluding hydrogens is 233 g/mol. The van der Waals surface area contributed by atoms with Crippen LogP contribution in [0.15, 0.2) is 18.2 Å². The molecular formula is C14H20FNO2. The molecule has 18 heavy (non-hydrogen) atoms. The van der Waals surface area contributed by atoms with Crippen LogP contribution in [-0.4, -0.2) is 19.3 Å². The first-order valence-electron chi connectivity index (χ1n) is 6.52.